The summed E-state index contributed by atoms with van der Waals surface area (Å²) < 4.78 is 18.1. The number of para-hydroxylation sites is 1. The molecule has 0 aromatic heterocycles. The third-order valence-corrected chi connectivity index (χ3v) is 3.24. The average molecular weight is 273 g/mol. The number of nitrogen functional groups attached to an aromatic ring is 1. The quantitative estimate of drug-likeness (QED) is 0.687. The van der Waals surface area contributed by atoms with Gasteiger partial charge in [-0.05, 0) is 42.3 Å². The minimum absolute atomic E-state index is 0.115. The smallest absolute Gasteiger partial charge is 0.169 e. The van der Waals surface area contributed by atoms with Crippen LogP contribution in [0.15, 0.2) is 36.4 Å². The number of benzene rings is 2. The molecule has 20 heavy (non-hydrogen) atoms. The number of carbonyl (C=O) groups excluding carboxylic acids is 1. The van der Waals surface area contributed by atoms with Gasteiger partial charge < -0.3 is 10.5 Å². The molecule has 0 saturated heterocycles. The highest BCUT2D eigenvalue weighted by Gasteiger charge is 2.14. The van der Waals surface area contributed by atoms with Crippen molar-refractivity contribution in [3.05, 3.63) is 58.9 Å². The largest absolute Gasteiger partial charge is 0.495 e. The molecule has 0 spiro atoms. The van der Waals surface area contributed by atoms with Gasteiger partial charge in [0.1, 0.15) is 11.6 Å². The van der Waals surface area contributed by atoms with E-state index in [1.807, 2.05) is 0 Å². The highest BCUT2D eigenvalue weighted by atomic mass is 19.1. The minimum Gasteiger partial charge on any atom is -0.495 e. The van der Waals surface area contributed by atoms with Gasteiger partial charge in [-0.2, -0.15) is 0 Å². The van der Waals surface area contributed by atoms with Gasteiger partial charge in [0.05, 0.1) is 12.8 Å². The molecule has 0 aliphatic rings. The molecule has 0 unspecified atom stereocenters. The zero-order valence-electron chi connectivity index (χ0n) is 11.4. The van der Waals surface area contributed by atoms with E-state index in [1.165, 1.54) is 19.2 Å². The van der Waals surface area contributed by atoms with Gasteiger partial charge in [-0.25, -0.2) is 4.39 Å². The molecule has 2 rings (SSSR count). The second kappa shape index (κ2) is 5.74. The van der Waals surface area contributed by atoms with Crippen molar-refractivity contribution >= 4 is 11.5 Å². The highest BCUT2D eigenvalue weighted by molar-refractivity contribution is 6.03. The van der Waals surface area contributed by atoms with Crippen LogP contribution in [0, 0.1) is 12.7 Å². The van der Waals surface area contributed by atoms with Gasteiger partial charge in [0.25, 0.3) is 0 Å². The summed E-state index contributed by atoms with van der Waals surface area (Å²) in [6, 6.07) is 9.48. The summed E-state index contributed by atoms with van der Waals surface area (Å²) in [7, 11) is 1.50. The molecule has 2 aromatic carbocycles. The summed E-state index contributed by atoms with van der Waals surface area (Å²) in [5.74, 6) is 0.0578. The van der Waals surface area contributed by atoms with Crippen molar-refractivity contribution in [3.63, 3.8) is 0 Å². The Kier molecular flexibility index (Phi) is 4.03. The van der Waals surface area contributed by atoms with Crippen molar-refractivity contribution in [2.75, 3.05) is 12.8 Å². The second-order valence-corrected chi connectivity index (χ2v) is 4.59. The van der Waals surface area contributed by atoms with E-state index in [2.05, 4.69) is 0 Å². The van der Waals surface area contributed by atoms with E-state index < -0.39 is 0 Å². The van der Waals surface area contributed by atoms with Gasteiger partial charge in [-0.15, -0.1) is 0 Å². The molecule has 0 aliphatic carbocycles. The van der Waals surface area contributed by atoms with Crippen LogP contribution in [0.3, 0.4) is 0 Å². The first-order chi connectivity index (χ1) is 9.52. The van der Waals surface area contributed by atoms with Crippen LogP contribution in [0.1, 0.15) is 21.5 Å². The minimum atomic E-state index is -0.306. The molecule has 0 heterocycles. The van der Waals surface area contributed by atoms with Gasteiger partial charge in [0, 0.05) is 12.0 Å². The molecule has 0 amide bonds. The highest BCUT2D eigenvalue weighted by Crippen LogP contribution is 2.26. The van der Waals surface area contributed by atoms with E-state index >= 15 is 0 Å². The van der Waals surface area contributed by atoms with Crippen molar-refractivity contribution in [1.29, 1.82) is 0 Å². The zero-order chi connectivity index (χ0) is 14.7. The first-order valence-electron chi connectivity index (χ1n) is 6.23. The molecule has 2 N–H and O–H groups in total. The van der Waals surface area contributed by atoms with Gasteiger partial charge in [0.2, 0.25) is 0 Å². The topological polar surface area (TPSA) is 52.3 Å². The van der Waals surface area contributed by atoms with Crippen molar-refractivity contribution in [2.24, 2.45) is 0 Å². The normalized spacial score (nSPS) is 10.3. The molecule has 3 nitrogen and oxygen atoms in total. The molecule has 0 saturated carbocycles. The number of hydrogen-bond acceptors (Lipinski definition) is 3. The molecule has 0 atom stereocenters. The predicted molar refractivity (Wildman–Crippen MR) is 76.6 cm³/mol. The van der Waals surface area contributed by atoms with E-state index in [0.29, 0.717) is 17.0 Å². The van der Waals surface area contributed by atoms with Gasteiger partial charge in [-0.3, -0.25) is 4.79 Å². The average Bonchev–Trinajstić information content (AvgIpc) is 2.42. The number of nitrogens with two attached hydrogens (primary N) is 1. The first-order valence-corrected chi connectivity index (χ1v) is 6.23. The maximum Gasteiger partial charge on any atom is 0.169 e. The number of rotatable bonds is 4. The maximum atomic E-state index is 13.0. The maximum absolute atomic E-state index is 13.0. The third kappa shape index (κ3) is 2.79. The van der Waals surface area contributed by atoms with Crippen LogP contribution < -0.4 is 10.5 Å². The Morgan fingerprint density at radius 1 is 1.30 bits per heavy atom. The summed E-state index contributed by atoms with van der Waals surface area (Å²) in [5.41, 5.74) is 8.20. The standard InChI is InChI=1S/C16H16FNO2/c1-10-8-12(17)7-6-11(10)9-14(19)13-4-3-5-15(20-2)16(13)18/h3-8H,9,18H2,1-2H3. The lowest BCUT2D eigenvalue weighted by Crippen LogP contribution is -2.09. The SMILES string of the molecule is COc1cccc(C(=O)Cc2ccc(F)cc2C)c1N. The Hall–Kier alpha value is -2.36. The Labute approximate surface area is 117 Å². The van der Waals surface area contributed by atoms with Gasteiger partial charge in [0.15, 0.2) is 5.78 Å². The van der Waals surface area contributed by atoms with Crippen LogP contribution in [-0.4, -0.2) is 12.9 Å². The van der Waals surface area contributed by atoms with Crippen LogP contribution in [0.5, 0.6) is 5.75 Å². The number of ether oxygens (including phenoxy) is 1. The van der Waals surface area contributed by atoms with Crippen LogP contribution >= 0.6 is 0 Å². The Bertz CT molecular complexity index is 653. The lowest BCUT2D eigenvalue weighted by Gasteiger charge is -2.10. The second-order valence-electron chi connectivity index (χ2n) is 4.59. The molecule has 2 aromatic rings. The number of Topliss-reactive ketones (excluding diaryl/α,β-unsaturated/α-hetero) is 1. The molecular weight excluding hydrogens is 257 g/mol. The molecule has 4 heteroatoms. The van der Waals surface area contributed by atoms with Crippen molar-refractivity contribution in [1.82, 2.24) is 0 Å². The van der Waals surface area contributed by atoms with E-state index in [-0.39, 0.29) is 18.0 Å². The third-order valence-electron chi connectivity index (χ3n) is 3.24. The summed E-state index contributed by atoms with van der Waals surface area (Å²) in [6.45, 7) is 1.78. The van der Waals surface area contributed by atoms with Crippen molar-refractivity contribution < 1.29 is 13.9 Å². The number of hydrogen-bond donors (Lipinski definition) is 1. The fourth-order valence-electron chi connectivity index (χ4n) is 2.09. The molecule has 0 aliphatic heterocycles. The Balaban J connectivity index is 2.28. The van der Waals surface area contributed by atoms with Gasteiger partial charge in [-0.1, -0.05) is 12.1 Å². The molecule has 0 bridgehead atoms. The lowest BCUT2D eigenvalue weighted by molar-refractivity contribution is 0.0993. The zero-order valence-corrected chi connectivity index (χ0v) is 11.4. The van der Waals surface area contributed by atoms with E-state index in [9.17, 15) is 9.18 Å². The fourth-order valence-corrected chi connectivity index (χ4v) is 2.09. The summed E-state index contributed by atoms with van der Waals surface area (Å²) in [5, 5.41) is 0. The van der Waals surface area contributed by atoms with Crippen LogP contribution in [0.25, 0.3) is 0 Å². The van der Waals surface area contributed by atoms with Crippen LogP contribution in [0.2, 0.25) is 0 Å². The van der Waals surface area contributed by atoms with Crippen LogP contribution in [-0.2, 0) is 6.42 Å². The monoisotopic (exact) mass is 273 g/mol. The number of ketones is 1. The summed E-state index contributed by atoms with van der Waals surface area (Å²) in [4.78, 5) is 12.3. The van der Waals surface area contributed by atoms with E-state index in [4.69, 9.17) is 10.5 Å². The van der Waals surface area contributed by atoms with Crippen LogP contribution in [0.4, 0.5) is 10.1 Å². The van der Waals surface area contributed by atoms with E-state index in [1.54, 1.807) is 31.2 Å². The summed E-state index contributed by atoms with van der Waals surface area (Å²) in [6.07, 6.45) is 0.184. The number of aryl methyl sites for hydroxylation is 1. The Morgan fingerprint density at radius 2 is 2.05 bits per heavy atom. The van der Waals surface area contributed by atoms with E-state index in [0.717, 1.165) is 11.1 Å². The lowest BCUT2D eigenvalue weighted by atomic mass is 9.98. The number of methoxy groups -OCH3 is 1. The fraction of sp³-hybridized carbons (Fsp3) is 0.188. The number of carbonyl (C=O) groups is 1. The molecular formula is C16H16FNO2. The molecule has 0 fully saturated rings. The summed E-state index contributed by atoms with van der Waals surface area (Å²) >= 11 is 0. The first kappa shape index (κ1) is 14.1. The predicted octanol–water partition coefficient (Wildman–Crippen LogP) is 3.15. The van der Waals surface area contributed by atoms with Gasteiger partial charge >= 0.3 is 0 Å². The number of anilines is 1. The molecule has 0 radical (unpaired) electrons. The van der Waals surface area contributed by atoms with Crippen molar-refractivity contribution in [3.8, 4) is 5.75 Å². The molecule has 104 valence electrons. The van der Waals surface area contributed by atoms with Crippen molar-refractivity contribution in [2.45, 2.75) is 13.3 Å². The Morgan fingerprint density at radius 3 is 2.70 bits per heavy atom. The number of halogens is 1.